The van der Waals surface area contributed by atoms with Gasteiger partial charge < -0.3 is 10.2 Å². The fourth-order valence-electron chi connectivity index (χ4n) is 3.72. The fourth-order valence-corrected chi connectivity index (χ4v) is 3.72. The molecule has 0 bridgehead atoms. The molecule has 148 valence electrons. The molecule has 1 atom stereocenters. The average Bonchev–Trinajstić information content (AvgIpc) is 2.68. The van der Waals surface area contributed by atoms with Crippen LogP contribution in [0.5, 0.6) is 0 Å². The summed E-state index contributed by atoms with van der Waals surface area (Å²) in [5.74, 6) is -0.286. The van der Waals surface area contributed by atoms with Crippen LogP contribution in [0.3, 0.4) is 0 Å². The summed E-state index contributed by atoms with van der Waals surface area (Å²) in [5, 5.41) is 2.77. The van der Waals surface area contributed by atoms with E-state index in [4.69, 9.17) is 0 Å². The molecule has 2 aliphatic heterocycles. The monoisotopic (exact) mass is 376 g/mol. The molecule has 1 aromatic carbocycles. The van der Waals surface area contributed by atoms with Gasteiger partial charge in [-0.1, -0.05) is 6.07 Å². The van der Waals surface area contributed by atoms with Crippen molar-refractivity contribution >= 4 is 17.5 Å². The molecule has 27 heavy (non-hydrogen) atoms. The predicted octanol–water partition coefficient (Wildman–Crippen LogP) is 1.78. The lowest BCUT2D eigenvalue weighted by Gasteiger charge is -2.38. The number of amides is 2. The van der Waals surface area contributed by atoms with Crippen molar-refractivity contribution in [3.63, 3.8) is 0 Å². The molecule has 3 rings (SSSR count). The van der Waals surface area contributed by atoms with Crippen LogP contribution in [-0.4, -0.2) is 78.4 Å². The van der Waals surface area contributed by atoms with Crippen LogP contribution in [0.1, 0.15) is 26.2 Å². The molecule has 0 aromatic heterocycles. The number of anilines is 1. The topological polar surface area (TPSA) is 55.9 Å². The lowest BCUT2D eigenvalue weighted by Crippen LogP contribution is -2.54. The van der Waals surface area contributed by atoms with Gasteiger partial charge in [-0.25, -0.2) is 4.39 Å². The Kier molecular flexibility index (Phi) is 6.79. The number of nitrogens with zero attached hydrogens (tertiary/aromatic N) is 3. The maximum Gasteiger partial charge on any atom is 0.241 e. The Balaban J connectivity index is 1.43. The molecule has 2 fully saturated rings. The summed E-state index contributed by atoms with van der Waals surface area (Å²) in [4.78, 5) is 31.1. The van der Waals surface area contributed by atoms with Crippen LogP contribution in [0.4, 0.5) is 10.1 Å². The molecule has 2 aliphatic rings. The largest absolute Gasteiger partial charge is 0.342 e. The van der Waals surface area contributed by atoms with Crippen molar-refractivity contribution < 1.29 is 14.0 Å². The van der Waals surface area contributed by atoms with Gasteiger partial charge in [0.1, 0.15) is 5.82 Å². The standard InChI is InChI=1S/C20H29FN4O2/c1-16(20(27)22-18-7-5-6-17(21)14-18)24-12-10-23(11-13-24)15-19(26)25-8-3-2-4-9-25/h5-7,14,16H,2-4,8-13,15H2,1H3,(H,22,27)/t16-/m1/s1. The molecule has 7 heteroatoms. The van der Waals surface area contributed by atoms with Crippen molar-refractivity contribution in [1.29, 1.82) is 0 Å². The second kappa shape index (κ2) is 9.28. The normalized spacial score (nSPS) is 20.3. The van der Waals surface area contributed by atoms with Gasteiger partial charge in [0.2, 0.25) is 11.8 Å². The van der Waals surface area contributed by atoms with Crippen molar-refractivity contribution in [1.82, 2.24) is 14.7 Å². The Morgan fingerprint density at radius 1 is 1.07 bits per heavy atom. The zero-order valence-electron chi connectivity index (χ0n) is 16.0. The lowest BCUT2D eigenvalue weighted by molar-refractivity contribution is -0.134. The highest BCUT2D eigenvalue weighted by Crippen LogP contribution is 2.13. The first-order chi connectivity index (χ1) is 13.0. The van der Waals surface area contributed by atoms with E-state index < -0.39 is 0 Å². The van der Waals surface area contributed by atoms with Gasteiger partial charge >= 0.3 is 0 Å². The average molecular weight is 376 g/mol. The smallest absolute Gasteiger partial charge is 0.241 e. The molecule has 0 unspecified atom stereocenters. The van der Waals surface area contributed by atoms with Gasteiger partial charge in [0.05, 0.1) is 12.6 Å². The highest BCUT2D eigenvalue weighted by atomic mass is 19.1. The first-order valence-corrected chi connectivity index (χ1v) is 9.83. The highest BCUT2D eigenvalue weighted by molar-refractivity contribution is 5.94. The van der Waals surface area contributed by atoms with Crippen molar-refractivity contribution in [3.05, 3.63) is 30.1 Å². The van der Waals surface area contributed by atoms with E-state index in [0.717, 1.165) is 52.1 Å². The van der Waals surface area contributed by atoms with Crippen LogP contribution >= 0.6 is 0 Å². The summed E-state index contributed by atoms with van der Waals surface area (Å²) < 4.78 is 13.3. The van der Waals surface area contributed by atoms with Gasteiger partial charge in [0.15, 0.2) is 0 Å². The van der Waals surface area contributed by atoms with Gasteiger partial charge in [-0.05, 0) is 44.4 Å². The van der Waals surface area contributed by atoms with Crippen molar-refractivity contribution in [3.8, 4) is 0 Å². The Hall–Kier alpha value is -1.99. The molecule has 2 amide bonds. The zero-order chi connectivity index (χ0) is 19.2. The molecule has 0 spiro atoms. The van der Waals surface area contributed by atoms with E-state index in [1.807, 2.05) is 11.8 Å². The van der Waals surface area contributed by atoms with E-state index in [9.17, 15) is 14.0 Å². The Labute approximate surface area is 160 Å². The number of hydrogen-bond donors (Lipinski definition) is 1. The van der Waals surface area contributed by atoms with Crippen molar-refractivity contribution in [2.75, 3.05) is 51.1 Å². The number of nitrogens with one attached hydrogen (secondary N) is 1. The number of likely N-dealkylation sites (tertiary alicyclic amines) is 1. The van der Waals surface area contributed by atoms with Gasteiger partial charge in [0, 0.05) is 45.0 Å². The van der Waals surface area contributed by atoms with Crippen LogP contribution in [0.25, 0.3) is 0 Å². The summed E-state index contributed by atoms with van der Waals surface area (Å²) in [5.41, 5.74) is 0.470. The maximum absolute atomic E-state index is 13.3. The number of piperazine rings is 1. The molecular formula is C20H29FN4O2. The van der Waals surface area contributed by atoms with E-state index in [2.05, 4.69) is 15.1 Å². The quantitative estimate of drug-likeness (QED) is 0.851. The second-order valence-corrected chi connectivity index (χ2v) is 7.43. The number of piperidine rings is 1. The highest BCUT2D eigenvalue weighted by Gasteiger charge is 2.27. The van der Waals surface area contributed by atoms with E-state index in [0.29, 0.717) is 12.2 Å². The molecular weight excluding hydrogens is 347 g/mol. The van der Waals surface area contributed by atoms with Crippen LogP contribution in [0.15, 0.2) is 24.3 Å². The summed E-state index contributed by atoms with van der Waals surface area (Å²) >= 11 is 0. The molecule has 6 nitrogen and oxygen atoms in total. The molecule has 2 saturated heterocycles. The van der Waals surface area contributed by atoms with Crippen LogP contribution < -0.4 is 5.32 Å². The Bertz CT molecular complexity index is 655. The Morgan fingerprint density at radius 3 is 2.44 bits per heavy atom. The third-order valence-electron chi connectivity index (χ3n) is 5.49. The summed E-state index contributed by atoms with van der Waals surface area (Å²) in [6.07, 6.45) is 3.44. The second-order valence-electron chi connectivity index (χ2n) is 7.43. The molecule has 1 aromatic rings. The number of benzene rings is 1. The predicted molar refractivity (Wildman–Crippen MR) is 103 cm³/mol. The Morgan fingerprint density at radius 2 is 1.78 bits per heavy atom. The zero-order valence-corrected chi connectivity index (χ0v) is 16.0. The molecule has 0 saturated carbocycles. The summed E-state index contributed by atoms with van der Waals surface area (Å²) in [6.45, 7) is 7.14. The van der Waals surface area contributed by atoms with Crippen LogP contribution in [0, 0.1) is 5.82 Å². The number of carbonyl (C=O) groups excluding carboxylic acids is 2. The number of halogens is 1. The molecule has 0 aliphatic carbocycles. The van der Waals surface area contributed by atoms with Gasteiger partial charge in [0.25, 0.3) is 0 Å². The third kappa shape index (κ3) is 5.49. The van der Waals surface area contributed by atoms with E-state index >= 15 is 0 Å². The lowest BCUT2D eigenvalue weighted by atomic mass is 10.1. The number of carbonyl (C=O) groups is 2. The van der Waals surface area contributed by atoms with Crippen molar-refractivity contribution in [2.45, 2.75) is 32.2 Å². The van der Waals surface area contributed by atoms with Crippen LogP contribution in [-0.2, 0) is 9.59 Å². The minimum Gasteiger partial charge on any atom is -0.342 e. The minimum atomic E-state index is -0.368. The fraction of sp³-hybridized carbons (Fsp3) is 0.600. The number of hydrogen-bond acceptors (Lipinski definition) is 4. The van der Waals surface area contributed by atoms with E-state index in [-0.39, 0.29) is 23.7 Å². The van der Waals surface area contributed by atoms with E-state index in [1.54, 1.807) is 12.1 Å². The van der Waals surface area contributed by atoms with Gasteiger partial charge in [-0.3, -0.25) is 19.4 Å². The summed E-state index contributed by atoms with van der Waals surface area (Å²) in [7, 11) is 0. The first kappa shape index (κ1) is 19.8. The minimum absolute atomic E-state index is 0.140. The first-order valence-electron chi connectivity index (χ1n) is 9.83. The molecule has 1 N–H and O–H groups in total. The van der Waals surface area contributed by atoms with Crippen molar-refractivity contribution in [2.24, 2.45) is 0 Å². The molecule has 2 heterocycles. The van der Waals surface area contributed by atoms with E-state index in [1.165, 1.54) is 18.6 Å². The third-order valence-corrected chi connectivity index (χ3v) is 5.49. The maximum atomic E-state index is 13.3. The van der Waals surface area contributed by atoms with Gasteiger partial charge in [-0.15, -0.1) is 0 Å². The van der Waals surface area contributed by atoms with Crippen LogP contribution in [0.2, 0.25) is 0 Å². The molecule has 0 radical (unpaired) electrons. The number of rotatable bonds is 5. The van der Waals surface area contributed by atoms with Gasteiger partial charge in [-0.2, -0.15) is 0 Å². The SMILES string of the molecule is C[C@H](C(=O)Nc1cccc(F)c1)N1CCN(CC(=O)N2CCCCC2)CC1. The summed E-state index contributed by atoms with van der Waals surface area (Å²) in [6, 6.07) is 5.62.